The smallest absolute Gasteiger partial charge is 0.235 e. The first-order valence-electron chi connectivity index (χ1n) is 4.11. The topological polar surface area (TPSA) is 89.3 Å². The van der Waals surface area contributed by atoms with Crippen molar-refractivity contribution in [2.24, 2.45) is 11.7 Å². The lowest BCUT2D eigenvalue weighted by molar-refractivity contribution is -0.139. The molecule has 0 aromatic heterocycles. The predicted molar refractivity (Wildman–Crippen MR) is 44.8 cm³/mol. The maximum Gasteiger partial charge on any atom is 0.235 e. The summed E-state index contributed by atoms with van der Waals surface area (Å²) in [6, 6.07) is -0.670. The maximum atomic E-state index is 11.3. The monoisotopic (exact) mass is 184 g/mol. The van der Waals surface area contributed by atoms with E-state index in [0.29, 0.717) is 13.0 Å². The summed E-state index contributed by atoms with van der Waals surface area (Å²) in [5.74, 6) is -2.15. The van der Waals surface area contributed by atoms with Crippen LogP contribution >= 0.6 is 0 Å². The van der Waals surface area contributed by atoms with Gasteiger partial charge in [-0.15, -0.1) is 0 Å². The van der Waals surface area contributed by atoms with E-state index in [2.05, 4.69) is 5.32 Å². The molecule has 0 bridgehead atoms. The number of hydrogen-bond donors (Lipinski definition) is 2. The van der Waals surface area contributed by atoms with E-state index in [9.17, 15) is 14.4 Å². The third kappa shape index (κ3) is 1.92. The van der Waals surface area contributed by atoms with Crippen LogP contribution in [0.1, 0.15) is 13.3 Å². The van der Waals surface area contributed by atoms with Gasteiger partial charge in [0, 0.05) is 6.92 Å². The Kier molecular flexibility index (Phi) is 2.77. The van der Waals surface area contributed by atoms with Gasteiger partial charge in [-0.25, -0.2) is 0 Å². The van der Waals surface area contributed by atoms with Crippen LogP contribution in [0.25, 0.3) is 0 Å². The highest BCUT2D eigenvalue weighted by Gasteiger charge is 2.37. The van der Waals surface area contributed by atoms with Crippen molar-refractivity contribution < 1.29 is 14.4 Å². The summed E-state index contributed by atoms with van der Waals surface area (Å²) >= 11 is 0. The number of rotatable bonds is 3. The molecule has 5 nitrogen and oxygen atoms in total. The van der Waals surface area contributed by atoms with Gasteiger partial charge in [0.1, 0.15) is 0 Å². The van der Waals surface area contributed by atoms with E-state index in [1.165, 1.54) is 6.92 Å². The van der Waals surface area contributed by atoms with Gasteiger partial charge in [0.15, 0.2) is 5.78 Å². The van der Waals surface area contributed by atoms with Gasteiger partial charge in [-0.3, -0.25) is 14.4 Å². The van der Waals surface area contributed by atoms with Crippen LogP contribution in [0.15, 0.2) is 0 Å². The van der Waals surface area contributed by atoms with E-state index in [1.807, 2.05) is 0 Å². The zero-order valence-corrected chi connectivity index (χ0v) is 7.37. The van der Waals surface area contributed by atoms with Crippen molar-refractivity contribution in [3.63, 3.8) is 0 Å². The summed E-state index contributed by atoms with van der Waals surface area (Å²) in [6.45, 7) is 1.76. The van der Waals surface area contributed by atoms with Crippen LogP contribution in [-0.4, -0.2) is 30.1 Å². The summed E-state index contributed by atoms with van der Waals surface area (Å²) in [6.07, 6.45) is 0.506. The fraction of sp³-hybridized carbons (Fsp3) is 0.625. The molecule has 72 valence electrons. The van der Waals surface area contributed by atoms with Crippen LogP contribution in [0.3, 0.4) is 0 Å². The van der Waals surface area contributed by atoms with Gasteiger partial charge in [0.05, 0.1) is 12.0 Å². The molecule has 5 heteroatoms. The molecule has 0 aliphatic carbocycles. The Bertz CT molecular complexity index is 262. The van der Waals surface area contributed by atoms with Crippen LogP contribution in [0.4, 0.5) is 0 Å². The number of hydrogen-bond acceptors (Lipinski definition) is 4. The van der Waals surface area contributed by atoms with E-state index < -0.39 is 29.4 Å². The summed E-state index contributed by atoms with van der Waals surface area (Å²) < 4.78 is 0. The average Bonchev–Trinajstić information content (AvgIpc) is 2.50. The van der Waals surface area contributed by atoms with Gasteiger partial charge < -0.3 is 11.1 Å². The molecule has 13 heavy (non-hydrogen) atoms. The molecule has 0 radical (unpaired) electrons. The van der Waals surface area contributed by atoms with Crippen molar-refractivity contribution in [2.45, 2.75) is 19.4 Å². The van der Waals surface area contributed by atoms with Gasteiger partial charge in [-0.05, 0) is 13.0 Å². The molecular weight excluding hydrogens is 172 g/mol. The van der Waals surface area contributed by atoms with Gasteiger partial charge in [0.25, 0.3) is 0 Å². The molecule has 1 amide bonds. The lowest BCUT2D eigenvalue weighted by Gasteiger charge is -2.12. The standard InChI is InChI=1S/C8H12N2O3/c1-4(11)7(12)5-2-3-10-6(5)8(9)13/h5-6,10H,2-3H2,1H3,(H2,9,13)/t5?,6-/m0/s1. The van der Waals surface area contributed by atoms with E-state index >= 15 is 0 Å². The van der Waals surface area contributed by atoms with Crippen molar-refractivity contribution in [2.75, 3.05) is 6.54 Å². The minimum atomic E-state index is -0.670. The number of nitrogens with one attached hydrogen (secondary N) is 1. The highest BCUT2D eigenvalue weighted by atomic mass is 16.2. The zero-order chi connectivity index (χ0) is 10.0. The molecule has 2 atom stereocenters. The second kappa shape index (κ2) is 3.66. The molecule has 0 saturated carbocycles. The lowest BCUT2D eigenvalue weighted by Crippen LogP contribution is -2.44. The first-order valence-corrected chi connectivity index (χ1v) is 4.11. The van der Waals surface area contributed by atoms with Crippen molar-refractivity contribution in [1.82, 2.24) is 5.32 Å². The minimum absolute atomic E-state index is 0.506. The third-order valence-corrected chi connectivity index (χ3v) is 2.21. The van der Waals surface area contributed by atoms with E-state index in [4.69, 9.17) is 5.73 Å². The van der Waals surface area contributed by atoms with E-state index in [-0.39, 0.29) is 0 Å². The van der Waals surface area contributed by atoms with E-state index in [1.54, 1.807) is 0 Å². The SMILES string of the molecule is CC(=O)C(=O)C1CCN[C@@H]1C(N)=O. The molecule has 1 rings (SSSR count). The van der Waals surface area contributed by atoms with Crippen LogP contribution in [0, 0.1) is 5.92 Å². The van der Waals surface area contributed by atoms with Gasteiger partial charge in [0.2, 0.25) is 11.7 Å². The fourth-order valence-corrected chi connectivity index (χ4v) is 1.55. The van der Waals surface area contributed by atoms with E-state index in [0.717, 1.165) is 0 Å². The largest absolute Gasteiger partial charge is 0.368 e. The second-order valence-electron chi connectivity index (χ2n) is 3.15. The zero-order valence-electron chi connectivity index (χ0n) is 7.37. The number of carbonyl (C=O) groups excluding carboxylic acids is 3. The molecular formula is C8H12N2O3. The maximum absolute atomic E-state index is 11.3. The molecule has 1 aliphatic rings. The molecule has 0 spiro atoms. The van der Waals surface area contributed by atoms with Crippen LogP contribution in [-0.2, 0) is 14.4 Å². The number of primary amides is 1. The summed E-state index contributed by atoms with van der Waals surface area (Å²) in [7, 11) is 0. The Labute approximate surface area is 75.7 Å². The lowest BCUT2D eigenvalue weighted by atomic mass is 9.93. The molecule has 1 fully saturated rings. The molecule has 1 saturated heterocycles. The summed E-state index contributed by atoms with van der Waals surface area (Å²) in [5, 5.41) is 2.79. The Hall–Kier alpha value is -1.23. The molecule has 1 unspecified atom stereocenters. The molecule has 1 heterocycles. The Balaban J connectivity index is 2.74. The van der Waals surface area contributed by atoms with Crippen molar-refractivity contribution in [3.05, 3.63) is 0 Å². The number of amides is 1. The first-order chi connectivity index (χ1) is 6.04. The quantitative estimate of drug-likeness (QED) is 0.528. The highest BCUT2D eigenvalue weighted by molar-refractivity contribution is 6.37. The van der Waals surface area contributed by atoms with Crippen LogP contribution in [0.2, 0.25) is 0 Å². The number of carbonyl (C=O) groups is 3. The Morgan fingerprint density at radius 1 is 1.38 bits per heavy atom. The molecule has 3 N–H and O–H groups in total. The minimum Gasteiger partial charge on any atom is -0.368 e. The van der Waals surface area contributed by atoms with Crippen LogP contribution in [0.5, 0.6) is 0 Å². The normalized spacial score (nSPS) is 27.2. The molecule has 1 aliphatic heterocycles. The molecule has 0 aromatic rings. The average molecular weight is 184 g/mol. The number of Topliss-reactive ketones (excluding diaryl/α,β-unsaturated/α-hetero) is 2. The molecule has 0 aromatic carbocycles. The predicted octanol–water partition coefficient (Wildman–Crippen LogP) is -1.39. The van der Waals surface area contributed by atoms with Crippen molar-refractivity contribution in [1.29, 1.82) is 0 Å². The third-order valence-electron chi connectivity index (χ3n) is 2.21. The number of nitrogens with two attached hydrogens (primary N) is 1. The van der Waals surface area contributed by atoms with Crippen molar-refractivity contribution in [3.8, 4) is 0 Å². The van der Waals surface area contributed by atoms with Gasteiger partial charge in [-0.2, -0.15) is 0 Å². The summed E-state index contributed by atoms with van der Waals surface area (Å²) in [4.78, 5) is 32.9. The fourth-order valence-electron chi connectivity index (χ4n) is 1.55. The van der Waals surface area contributed by atoms with Crippen LogP contribution < -0.4 is 11.1 Å². The van der Waals surface area contributed by atoms with Gasteiger partial charge in [-0.1, -0.05) is 0 Å². The number of ketones is 2. The van der Waals surface area contributed by atoms with Gasteiger partial charge >= 0.3 is 0 Å². The van der Waals surface area contributed by atoms with Crippen molar-refractivity contribution >= 4 is 17.5 Å². The Morgan fingerprint density at radius 3 is 2.46 bits per heavy atom. The Morgan fingerprint density at radius 2 is 2.00 bits per heavy atom. The first kappa shape index (κ1) is 9.85. The highest BCUT2D eigenvalue weighted by Crippen LogP contribution is 2.16. The second-order valence-corrected chi connectivity index (χ2v) is 3.15. The summed E-state index contributed by atoms with van der Waals surface area (Å²) in [5.41, 5.74) is 5.06.